The van der Waals surface area contributed by atoms with Crippen LogP contribution < -0.4 is 0 Å². The summed E-state index contributed by atoms with van der Waals surface area (Å²) in [4.78, 5) is 41.9. The van der Waals surface area contributed by atoms with Crippen molar-refractivity contribution >= 4 is 17.9 Å². The van der Waals surface area contributed by atoms with Gasteiger partial charge in [-0.2, -0.15) is 0 Å². The van der Waals surface area contributed by atoms with Gasteiger partial charge in [-0.05, 0) is 84.6 Å². The second kappa shape index (κ2) is 35.5. The van der Waals surface area contributed by atoms with Crippen molar-refractivity contribution in [3.8, 4) is 0 Å². The van der Waals surface area contributed by atoms with E-state index in [1.165, 1.54) is 51.4 Å². The minimum Gasteiger partial charge on any atom is -0.462 e. The van der Waals surface area contributed by atoms with E-state index in [-0.39, 0.29) is 24.0 Å². The molecular weight excluding hydrogens is 665 g/mol. The monoisotopic (exact) mass is 747 g/mol. The highest BCUT2D eigenvalue weighted by Gasteiger charge is 2.21. The van der Waals surface area contributed by atoms with Crippen molar-refractivity contribution in [2.24, 2.45) is 0 Å². The van der Waals surface area contributed by atoms with Crippen molar-refractivity contribution in [3.05, 3.63) is 24.3 Å². The van der Waals surface area contributed by atoms with Gasteiger partial charge in [0.25, 0.3) is 0 Å². The van der Waals surface area contributed by atoms with Gasteiger partial charge in [0.15, 0.2) is 0 Å². The zero-order chi connectivity index (χ0) is 38.6. The molecule has 0 aromatic rings. The number of carbonyl (C=O) groups is 3. The summed E-state index contributed by atoms with van der Waals surface area (Å²) >= 11 is 0. The molecule has 0 N–H and O–H groups in total. The van der Waals surface area contributed by atoms with Crippen LogP contribution in [0.5, 0.6) is 0 Å². The standard InChI is InChI=1S/C45H82N2O6/c1-5-7-9-11-13-21-27-39-51-43(48)31-25-19-15-17-23-29-42(53-45(50)34-33-41(3)47-37-35-46(4)36-38-47)30-24-18-16-20-26-32-44(49)52-40-28-22-14-12-10-8-6-2/h21-22,27-28,41-42H,5-20,23-26,29-40H2,1-4H3/b27-21-,28-22-. The summed E-state index contributed by atoms with van der Waals surface area (Å²) < 4.78 is 16.8. The molecule has 8 heteroatoms. The Morgan fingerprint density at radius 2 is 0.981 bits per heavy atom. The highest BCUT2D eigenvalue weighted by molar-refractivity contribution is 5.70. The second-order valence-corrected chi connectivity index (χ2v) is 15.5. The molecule has 0 bridgehead atoms. The molecule has 8 nitrogen and oxygen atoms in total. The molecule has 0 aromatic heterocycles. The first-order valence-corrected chi connectivity index (χ1v) is 22.1. The van der Waals surface area contributed by atoms with Crippen LogP contribution in [0.3, 0.4) is 0 Å². The fraction of sp³-hybridized carbons (Fsp3) is 0.844. The topological polar surface area (TPSA) is 85.4 Å². The van der Waals surface area contributed by atoms with Gasteiger partial charge in [-0.15, -0.1) is 0 Å². The summed E-state index contributed by atoms with van der Waals surface area (Å²) in [5.74, 6) is -0.276. The normalized spacial score (nSPS) is 14.7. The van der Waals surface area contributed by atoms with Gasteiger partial charge in [-0.25, -0.2) is 0 Å². The van der Waals surface area contributed by atoms with E-state index < -0.39 is 0 Å². The van der Waals surface area contributed by atoms with Crippen LogP contribution in [0.15, 0.2) is 24.3 Å². The first kappa shape index (κ1) is 48.8. The number of nitrogens with zero attached hydrogens (tertiary/aromatic N) is 2. The number of carbonyl (C=O) groups excluding carboxylic acids is 3. The number of allylic oxidation sites excluding steroid dienone is 2. The number of unbranched alkanes of at least 4 members (excludes halogenated alkanes) is 16. The summed E-state index contributed by atoms with van der Waals surface area (Å²) in [6.07, 6.45) is 34.5. The predicted octanol–water partition coefficient (Wildman–Crippen LogP) is 10.9. The van der Waals surface area contributed by atoms with Crippen LogP contribution in [0.2, 0.25) is 0 Å². The fourth-order valence-electron chi connectivity index (χ4n) is 6.80. The predicted molar refractivity (Wildman–Crippen MR) is 220 cm³/mol. The zero-order valence-corrected chi connectivity index (χ0v) is 34.9. The van der Waals surface area contributed by atoms with Gasteiger partial charge in [0.05, 0.1) is 0 Å². The molecule has 0 amide bonds. The third kappa shape index (κ3) is 30.8. The number of piperazine rings is 1. The first-order chi connectivity index (χ1) is 25.8. The number of likely N-dealkylation sites (N-methyl/N-ethyl adjacent to an activating group) is 1. The van der Waals surface area contributed by atoms with E-state index >= 15 is 0 Å². The molecule has 1 heterocycles. The Bertz CT molecular complexity index is 893. The summed E-state index contributed by atoms with van der Waals surface area (Å²) in [6.45, 7) is 11.7. The van der Waals surface area contributed by atoms with Crippen LogP contribution in [0.25, 0.3) is 0 Å². The van der Waals surface area contributed by atoms with Crippen LogP contribution in [0.1, 0.15) is 188 Å². The summed E-state index contributed by atoms with van der Waals surface area (Å²) in [7, 11) is 2.17. The highest BCUT2D eigenvalue weighted by Crippen LogP contribution is 2.19. The quantitative estimate of drug-likeness (QED) is 0.0274. The van der Waals surface area contributed by atoms with Gasteiger partial charge in [-0.1, -0.05) is 115 Å². The Morgan fingerprint density at radius 1 is 0.528 bits per heavy atom. The molecule has 0 radical (unpaired) electrons. The van der Waals surface area contributed by atoms with Crippen molar-refractivity contribution in [1.82, 2.24) is 9.80 Å². The van der Waals surface area contributed by atoms with Crippen LogP contribution >= 0.6 is 0 Å². The van der Waals surface area contributed by atoms with Gasteiger partial charge in [0.1, 0.15) is 19.3 Å². The molecule has 1 aliphatic heterocycles. The Morgan fingerprint density at radius 3 is 1.47 bits per heavy atom. The molecule has 0 aliphatic carbocycles. The average molecular weight is 747 g/mol. The lowest BCUT2D eigenvalue weighted by atomic mass is 10.0. The van der Waals surface area contributed by atoms with Crippen LogP contribution in [0.4, 0.5) is 0 Å². The molecule has 1 rings (SSSR count). The van der Waals surface area contributed by atoms with Gasteiger partial charge in [0, 0.05) is 51.5 Å². The van der Waals surface area contributed by atoms with E-state index in [1.807, 2.05) is 12.2 Å². The molecule has 0 saturated carbocycles. The average Bonchev–Trinajstić information content (AvgIpc) is 3.15. The number of esters is 3. The highest BCUT2D eigenvalue weighted by atomic mass is 16.5. The van der Waals surface area contributed by atoms with E-state index in [4.69, 9.17) is 14.2 Å². The number of rotatable bonds is 35. The number of hydrogen-bond donors (Lipinski definition) is 0. The molecular formula is C45H82N2O6. The largest absolute Gasteiger partial charge is 0.462 e. The lowest BCUT2D eigenvalue weighted by Gasteiger charge is -2.36. The van der Waals surface area contributed by atoms with Gasteiger partial charge in [0.2, 0.25) is 0 Å². The van der Waals surface area contributed by atoms with Gasteiger partial charge < -0.3 is 19.1 Å². The molecule has 1 atom stereocenters. The molecule has 1 unspecified atom stereocenters. The molecule has 1 saturated heterocycles. The molecule has 53 heavy (non-hydrogen) atoms. The van der Waals surface area contributed by atoms with E-state index in [9.17, 15) is 14.4 Å². The maximum atomic E-state index is 13.0. The second-order valence-electron chi connectivity index (χ2n) is 15.5. The van der Waals surface area contributed by atoms with Crippen LogP contribution in [-0.4, -0.2) is 86.3 Å². The lowest BCUT2D eigenvalue weighted by Crippen LogP contribution is -2.48. The molecule has 1 aliphatic rings. The van der Waals surface area contributed by atoms with Gasteiger partial charge >= 0.3 is 17.9 Å². The minimum absolute atomic E-state index is 0.0363. The SMILES string of the molecule is CCCCCC/C=C\COC(=O)CCCCCCCC(CCCCCCCC(=O)OC/C=C\CCCCCC)OC(=O)CCC(C)N1CCN(C)CC1. The summed E-state index contributed by atoms with van der Waals surface area (Å²) in [5, 5.41) is 0. The minimum atomic E-state index is -0.106. The van der Waals surface area contributed by atoms with E-state index in [2.05, 4.69) is 49.8 Å². The maximum absolute atomic E-state index is 13.0. The molecule has 0 spiro atoms. The Labute approximate surface area is 326 Å². The maximum Gasteiger partial charge on any atom is 0.306 e. The third-order valence-corrected chi connectivity index (χ3v) is 10.5. The van der Waals surface area contributed by atoms with Crippen molar-refractivity contribution in [2.75, 3.05) is 46.4 Å². The van der Waals surface area contributed by atoms with Crippen molar-refractivity contribution in [1.29, 1.82) is 0 Å². The fourth-order valence-corrected chi connectivity index (χ4v) is 6.80. The smallest absolute Gasteiger partial charge is 0.306 e. The van der Waals surface area contributed by atoms with E-state index in [1.54, 1.807) is 0 Å². The lowest BCUT2D eigenvalue weighted by molar-refractivity contribution is -0.150. The number of hydrogen-bond acceptors (Lipinski definition) is 8. The van der Waals surface area contributed by atoms with Crippen molar-refractivity contribution < 1.29 is 28.6 Å². The Hall–Kier alpha value is -2.19. The van der Waals surface area contributed by atoms with E-state index in [0.717, 1.165) is 122 Å². The summed E-state index contributed by atoms with van der Waals surface area (Å²) in [5.41, 5.74) is 0. The Balaban J connectivity index is 2.29. The van der Waals surface area contributed by atoms with Crippen LogP contribution in [0, 0.1) is 0 Å². The molecule has 308 valence electrons. The van der Waals surface area contributed by atoms with Crippen LogP contribution in [-0.2, 0) is 28.6 Å². The van der Waals surface area contributed by atoms with Crippen molar-refractivity contribution in [3.63, 3.8) is 0 Å². The number of ether oxygens (including phenoxy) is 3. The molecule has 0 aromatic carbocycles. The van der Waals surface area contributed by atoms with Crippen molar-refractivity contribution in [2.45, 2.75) is 200 Å². The summed E-state index contributed by atoms with van der Waals surface area (Å²) in [6, 6.07) is 0.387. The first-order valence-electron chi connectivity index (χ1n) is 22.1. The molecule has 1 fully saturated rings. The third-order valence-electron chi connectivity index (χ3n) is 10.5. The van der Waals surface area contributed by atoms with E-state index in [0.29, 0.717) is 38.5 Å². The Kier molecular flexibility index (Phi) is 32.7. The zero-order valence-electron chi connectivity index (χ0n) is 34.9. The van der Waals surface area contributed by atoms with Gasteiger partial charge in [-0.3, -0.25) is 19.3 Å².